The zero-order valence-corrected chi connectivity index (χ0v) is 19.8. The summed E-state index contributed by atoms with van der Waals surface area (Å²) in [4.78, 5) is 0. The van der Waals surface area contributed by atoms with E-state index >= 15 is 0 Å². The number of methoxy groups -OCH3 is 1. The second kappa shape index (κ2) is 8.95. The first-order chi connectivity index (χ1) is 13.1. The van der Waals surface area contributed by atoms with Crippen LogP contribution in [0.15, 0.2) is 30.3 Å². The highest BCUT2D eigenvalue weighted by Gasteiger charge is 2.36. The SMILES string of the molecule is CCCC(CC)(Pc1ccc(C)cc1F)c1cc(C)cc(C(C)(C)C)c1OC. The van der Waals surface area contributed by atoms with E-state index in [4.69, 9.17) is 4.74 Å². The molecular weight excluding hydrogens is 366 g/mol. The maximum atomic E-state index is 14.8. The molecular formula is C25H36FOP. The molecule has 0 aliphatic carbocycles. The Morgan fingerprint density at radius 2 is 1.61 bits per heavy atom. The second-order valence-electron chi connectivity index (χ2n) is 8.94. The number of aryl methyl sites for hydroxylation is 2. The lowest BCUT2D eigenvalue weighted by atomic mass is 9.80. The first-order valence-electron chi connectivity index (χ1n) is 10.3. The van der Waals surface area contributed by atoms with Gasteiger partial charge in [0.15, 0.2) is 0 Å². The van der Waals surface area contributed by atoms with Crippen LogP contribution in [0.1, 0.15) is 76.1 Å². The molecule has 2 aromatic rings. The van der Waals surface area contributed by atoms with E-state index in [2.05, 4.69) is 53.7 Å². The highest BCUT2D eigenvalue weighted by molar-refractivity contribution is 7.48. The molecule has 0 fully saturated rings. The maximum absolute atomic E-state index is 14.8. The molecule has 0 radical (unpaired) electrons. The van der Waals surface area contributed by atoms with E-state index < -0.39 is 0 Å². The lowest BCUT2D eigenvalue weighted by Gasteiger charge is -2.37. The van der Waals surface area contributed by atoms with Crippen molar-refractivity contribution in [3.8, 4) is 5.75 Å². The van der Waals surface area contributed by atoms with Gasteiger partial charge < -0.3 is 4.74 Å². The predicted octanol–water partition coefficient (Wildman–Crippen LogP) is 7.16. The summed E-state index contributed by atoms with van der Waals surface area (Å²) in [5.74, 6) is 0.892. The predicted molar refractivity (Wildman–Crippen MR) is 122 cm³/mol. The van der Waals surface area contributed by atoms with Crippen LogP contribution < -0.4 is 10.0 Å². The molecule has 2 unspecified atom stereocenters. The molecule has 0 aliphatic rings. The lowest BCUT2D eigenvalue weighted by molar-refractivity contribution is 0.380. The fourth-order valence-electron chi connectivity index (χ4n) is 4.03. The average molecular weight is 403 g/mol. The largest absolute Gasteiger partial charge is 0.496 e. The monoisotopic (exact) mass is 402 g/mol. The molecule has 0 saturated heterocycles. The molecule has 2 aromatic carbocycles. The third-order valence-electron chi connectivity index (χ3n) is 5.54. The Morgan fingerprint density at radius 1 is 0.964 bits per heavy atom. The van der Waals surface area contributed by atoms with E-state index in [9.17, 15) is 4.39 Å². The Labute approximate surface area is 172 Å². The average Bonchev–Trinajstić information content (AvgIpc) is 2.62. The van der Waals surface area contributed by atoms with E-state index in [0.29, 0.717) is 8.58 Å². The Hall–Kier alpha value is -1.40. The zero-order valence-electron chi connectivity index (χ0n) is 18.8. The van der Waals surface area contributed by atoms with Crippen LogP contribution in [0.2, 0.25) is 0 Å². The van der Waals surface area contributed by atoms with Gasteiger partial charge in [-0.05, 0) is 43.7 Å². The molecule has 1 nitrogen and oxygen atoms in total. The molecule has 0 aromatic heterocycles. The highest BCUT2D eigenvalue weighted by Crippen LogP contribution is 2.53. The first kappa shape index (κ1) is 22.9. The van der Waals surface area contributed by atoms with Crippen molar-refractivity contribution in [3.05, 3.63) is 58.4 Å². The minimum Gasteiger partial charge on any atom is -0.496 e. The molecule has 2 atom stereocenters. The van der Waals surface area contributed by atoms with Gasteiger partial charge in [-0.2, -0.15) is 0 Å². The first-order valence-corrected chi connectivity index (χ1v) is 11.3. The van der Waals surface area contributed by atoms with Crippen LogP contribution in [0.5, 0.6) is 5.75 Å². The van der Waals surface area contributed by atoms with Crippen molar-refractivity contribution < 1.29 is 9.13 Å². The van der Waals surface area contributed by atoms with Crippen LogP contribution >= 0.6 is 8.58 Å². The molecule has 3 heteroatoms. The summed E-state index contributed by atoms with van der Waals surface area (Å²) in [7, 11) is 2.14. The van der Waals surface area contributed by atoms with Gasteiger partial charge in [-0.15, -0.1) is 0 Å². The minimum absolute atomic E-state index is 0.0178. The summed E-state index contributed by atoms with van der Waals surface area (Å²) in [5, 5.41) is 0.698. The number of benzene rings is 2. The van der Waals surface area contributed by atoms with Crippen molar-refractivity contribution >= 4 is 13.9 Å². The van der Waals surface area contributed by atoms with Gasteiger partial charge in [-0.3, -0.25) is 0 Å². The van der Waals surface area contributed by atoms with Crippen molar-refractivity contribution in [2.45, 2.75) is 78.3 Å². The minimum atomic E-state index is -0.123. The summed E-state index contributed by atoms with van der Waals surface area (Å²) in [6.45, 7) is 15.2. The van der Waals surface area contributed by atoms with Crippen molar-refractivity contribution in [1.29, 1.82) is 0 Å². The van der Waals surface area contributed by atoms with Crippen LogP contribution in [0.25, 0.3) is 0 Å². The van der Waals surface area contributed by atoms with Crippen LogP contribution in [-0.2, 0) is 10.6 Å². The highest BCUT2D eigenvalue weighted by atomic mass is 31.1. The summed E-state index contributed by atoms with van der Waals surface area (Å²) >= 11 is 0. The van der Waals surface area contributed by atoms with Crippen molar-refractivity contribution in [3.63, 3.8) is 0 Å². The van der Waals surface area contributed by atoms with Gasteiger partial charge in [-0.25, -0.2) is 4.39 Å². The molecule has 2 rings (SSSR count). The van der Waals surface area contributed by atoms with Crippen molar-refractivity contribution in [2.24, 2.45) is 0 Å². The summed E-state index contributed by atoms with van der Waals surface area (Å²) < 4.78 is 20.8. The van der Waals surface area contributed by atoms with Gasteiger partial charge in [0.2, 0.25) is 0 Å². The fraction of sp³-hybridized carbons (Fsp3) is 0.520. The van der Waals surface area contributed by atoms with Gasteiger partial charge in [0.05, 0.1) is 7.11 Å². The van der Waals surface area contributed by atoms with Crippen molar-refractivity contribution in [1.82, 2.24) is 0 Å². The van der Waals surface area contributed by atoms with Crippen LogP contribution in [0.3, 0.4) is 0 Å². The normalized spacial score (nSPS) is 14.5. The third-order valence-corrected chi connectivity index (χ3v) is 7.57. The van der Waals surface area contributed by atoms with Gasteiger partial charge in [-0.1, -0.05) is 79.4 Å². The summed E-state index contributed by atoms with van der Waals surface area (Å²) in [6.07, 6.45) is 3.02. The summed E-state index contributed by atoms with van der Waals surface area (Å²) in [5.41, 5.74) is 4.65. The second-order valence-corrected chi connectivity index (χ2v) is 10.7. The molecule has 0 N–H and O–H groups in total. The van der Waals surface area contributed by atoms with E-state index in [1.54, 1.807) is 13.2 Å². The molecule has 0 bridgehead atoms. The van der Waals surface area contributed by atoms with Gasteiger partial charge in [0.1, 0.15) is 11.6 Å². The van der Waals surface area contributed by atoms with E-state index in [1.807, 2.05) is 19.1 Å². The van der Waals surface area contributed by atoms with E-state index in [0.717, 1.165) is 35.9 Å². The van der Waals surface area contributed by atoms with E-state index in [-0.39, 0.29) is 16.4 Å². The van der Waals surface area contributed by atoms with Crippen LogP contribution in [-0.4, -0.2) is 7.11 Å². The molecule has 0 saturated carbocycles. The Morgan fingerprint density at radius 3 is 2.11 bits per heavy atom. The molecule has 0 spiro atoms. The fourth-order valence-corrected chi connectivity index (χ4v) is 5.78. The molecule has 28 heavy (non-hydrogen) atoms. The molecule has 0 aliphatic heterocycles. The standard InChI is InChI=1S/C25H36FOP/c1-9-13-25(10-2,28-22-12-11-17(3)16-21(22)26)20-15-18(4)14-19(23(20)27-8)24(5,6)7/h11-12,14-16,28H,9-10,13H2,1-8H3. The Balaban J connectivity index is 2.73. The molecule has 0 heterocycles. The Kier molecular flexibility index (Phi) is 7.32. The van der Waals surface area contributed by atoms with Gasteiger partial charge >= 0.3 is 0 Å². The number of halogens is 1. The number of hydrogen-bond acceptors (Lipinski definition) is 1. The lowest BCUT2D eigenvalue weighted by Crippen LogP contribution is -2.26. The van der Waals surface area contributed by atoms with Gasteiger partial charge in [0, 0.05) is 21.6 Å². The topological polar surface area (TPSA) is 9.23 Å². The number of ether oxygens (including phenoxy) is 1. The van der Waals surface area contributed by atoms with Crippen LogP contribution in [0.4, 0.5) is 4.39 Å². The zero-order chi connectivity index (χ0) is 21.1. The maximum Gasteiger partial charge on any atom is 0.130 e. The quantitative estimate of drug-likeness (QED) is 0.447. The Bertz CT molecular complexity index is 822. The smallest absolute Gasteiger partial charge is 0.130 e. The third kappa shape index (κ3) is 4.77. The van der Waals surface area contributed by atoms with Crippen molar-refractivity contribution in [2.75, 3.05) is 7.11 Å². The number of rotatable bonds is 7. The van der Waals surface area contributed by atoms with Gasteiger partial charge in [0.25, 0.3) is 0 Å². The summed E-state index contributed by atoms with van der Waals surface area (Å²) in [6, 6.07) is 10.2. The molecule has 154 valence electrons. The number of hydrogen-bond donors (Lipinski definition) is 0. The van der Waals surface area contributed by atoms with E-state index in [1.165, 1.54) is 16.7 Å². The molecule has 0 amide bonds. The van der Waals surface area contributed by atoms with Crippen LogP contribution in [0, 0.1) is 19.7 Å².